The first-order chi connectivity index (χ1) is 8.40. The minimum atomic E-state index is -1.57. The van der Waals surface area contributed by atoms with E-state index in [1.54, 1.807) is 0 Å². The highest BCUT2D eigenvalue weighted by Gasteiger charge is 2.11. The lowest BCUT2D eigenvalue weighted by Crippen LogP contribution is -2.25. The third kappa shape index (κ3) is 3.89. The van der Waals surface area contributed by atoms with Crippen molar-refractivity contribution in [3.8, 4) is 0 Å². The molecule has 18 heavy (non-hydrogen) atoms. The van der Waals surface area contributed by atoms with E-state index in [0.717, 1.165) is 0 Å². The Kier molecular flexibility index (Phi) is 4.42. The summed E-state index contributed by atoms with van der Waals surface area (Å²) in [5.41, 5.74) is 0.690. The number of hydrogen-bond acceptors (Lipinski definition) is 3. The summed E-state index contributed by atoms with van der Waals surface area (Å²) < 4.78 is 12.7. The number of rotatable bonds is 4. The fourth-order valence-electron chi connectivity index (χ4n) is 1.23. The molecular weight excluding hydrogens is 241 g/mol. The summed E-state index contributed by atoms with van der Waals surface area (Å²) in [4.78, 5) is 23.0. The third-order valence-corrected chi connectivity index (χ3v) is 2.19. The maximum atomic E-state index is 12.7. The van der Waals surface area contributed by atoms with Gasteiger partial charge in [-0.3, -0.25) is 4.79 Å². The SMILES string of the molecule is CN(Cc1ccc(F)cc1)C(=O)/C=C(\O)C(=O)O. The second-order valence-electron chi connectivity index (χ2n) is 3.66. The van der Waals surface area contributed by atoms with Crippen LogP contribution in [0.2, 0.25) is 0 Å². The Bertz CT molecular complexity index is 481. The van der Waals surface area contributed by atoms with Crippen molar-refractivity contribution in [1.29, 1.82) is 0 Å². The summed E-state index contributed by atoms with van der Waals surface area (Å²) >= 11 is 0. The number of benzene rings is 1. The number of nitrogens with zero attached hydrogens (tertiary/aromatic N) is 1. The van der Waals surface area contributed by atoms with E-state index in [-0.39, 0.29) is 12.4 Å². The van der Waals surface area contributed by atoms with Crippen LogP contribution in [0.5, 0.6) is 0 Å². The summed E-state index contributed by atoms with van der Waals surface area (Å²) in [7, 11) is 1.44. The number of hydrogen-bond donors (Lipinski definition) is 2. The molecular formula is C12H12FNO4. The number of aliphatic hydroxyl groups is 1. The Hall–Kier alpha value is -2.37. The highest BCUT2D eigenvalue weighted by Crippen LogP contribution is 2.06. The van der Waals surface area contributed by atoms with Crippen molar-refractivity contribution in [2.24, 2.45) is 0 Å². The van der Waals surface area contributed by atoms with Crippen LogP contribution in [0.15, 0.2) is 36.1 Å². The molecule has 0 saturated heterocycles. The predicted molar refractivity (Wildman–Crippen MR) is 61.2 cm³/mol. The van der Waals surface area contributed by atoms with E-state index in [2.05, 4.69) is 0 Å². The maximum absolute atomic E-state index is 12.7. The van der Waals surface area contributed by atoms with Crippen molar-refractivity contribution in [3.05, 3.63) is 47.5 Å². The fourth-order valence-corrected chi connectivity index (χ4v) is 1.23. The number of amides is 1. The molecule has 0 aliphatic heterocycles. The van der Waals surface area contributed by atoms with Crippen LogP contribution < -0.4 is 0 Å². The van der Waals surface area contributed by atoms with Crippen molar-refractivity contribution >= 4 is 11.9 Å². The average Bonchev–Trinajstić information content (AvgIpc) is 2.31. The van der Waals surface area contributed by atoms with Gasteiger partial charge in [-0.25, -0.2) is 9.18 Å². The molecule has 6 heteroatoms. The van der Waals surface area contributed by atoms with E-state index >= 15 is 0 Å². The number of carbonyl (C=O) groups is 2. The predicted octanol–water partition coefficient (Wildman–Crippen LogP) is 1.31. The average molecular weight is 253 g/mol. The molecule has 2 N–H and O–H groups in total. The van der Waals surface area contributed by atoms with Gasteiger partial charge >= 0.3 is 5.97 Å². The van der Waals surface area contributed by atoms with Gasteiger partial charge in [-0.15, -0.1) is 0 Å². The molecule has 1 amide bonds. The minimum Gasteiger partial charge on any atom is -0.502 e. The molecule has 96 valence electrons. The summed E-state index contributed by atoms with van der Waals surface area (Å²) in [6, 6.07) is 5.55. The normalized spacial score (nSPS) is 11.1. The fraction of sp³-hybridized carbons (Fsp3) is 0.167. The van der Waals surface area contributed by atoms with Crippen LogP contribution in [0.25, 0.3) is 0 Å². The molecule has 5 nitrogen and oxygen atoms in total. The first kappa shape index (κ1) is 13.7. The van der Waals surface area contributed by atoms with Crippen molar-refractivity contribution in [2.45, 2.75) is 6.54 Å². The number of aliphatic carboxylic acids is 1. The van der Waals surface area contributed by atoms with Gasteiger partial charge in [-0.1, -0.05) is 12.1 Å². The molecule has 1 rings (SSSR count). The first-order valence-electron chi connectivity index (χ1n) is 5.03. The minimum absolute atomic E-state index is 0.183. The number of halogens is 1. The van der Waals surface area contributed by atoms with Crippen LogP contribution in [-0.4, -0.2) is 34.0 Å². The van der Waals surface area contributed by atoms with E-state index in [4.69, 9.17) is 10.2 Å². The van der Waals surface area contributed by atoms with Crippen LogP contribution in [0.1, 0.15) is 5.56 Å². The molecule has 0 saturated carbocycles. The molecule has 0 spiro atoms. The summed E-state index contributed by atoms with van der Waals surface area (Å²) in [6.07, 6.45) is 0.617. The maximum Gasteiger partial charge on any atom is 0.371 e. The molecule has 0 fully saturated rings. The van der Waals surface area contributed by atoms with Crippen molar-refractivity contribution in [3.63, 3.8) is 0 Å². The van der Waals surface area contributed by atoms with Crippen molar-refractivity contribution < 1.29 is 24.2 Å². The van der Waals surface area contributed by atoms with Gasteiger partial charge in [0, 0.05) is 13.6 Å². The van der Waals surface area contributed by atoms with Crippen molar-refractivity contribution in [1.82, 2.24) is 4.90 Å². The van der Waals surface area contributed by atoms with E-state index in [9.17, 15) is 14.0 Å². The van der Waals surface area contributed by atoms with Crippen LogP contribution in [0, 0.1) is 5.82 Å². The van der Waals surface area contributed by atoms with Gasteiger partial charge in [0.25, 0.3) is 5.91 Å². The Morgan fingerprint density at radius 1 is 1.28 bits per heavy atom. The molecule has 0 heterocycles. The summed E-state index contributed by atoms with van der Waals surface area (Å²) in [6.45, 7) is 0.183. The second-order valence-corrected chi connectivity index (χ2v) is 3.66. The van der Waals surface area contributed by atoms with Crippen LogP contribution in [-0.2, 0) is 16.1 Å². The van der Waals surface area contributed by atoms with E-state index in [0.29, 0.717) is 11.6 Å². The molecule has 0 aliphatic carbocycles. The Labute approximate surface area is 103 Å². The number of aliphatic hydroxyl groups excluding tert-OH is 1. The van der Waals surface area contributed by atoms with Gasteiger partial charge < -0.3 is 15.1 Å². The summed E-state index contributed by atoms with van der Waals surface area (Å²) in [5, 5.41) is 17.3. The van der Waals surface area contributed by atoms with E-state index in [1.807, 2.05) is 0 Å². The molecule has 0 bridgehead atoms. The third-order valence-electron chi connectivity index (χ3n) is 2.19. The molecule has 0 unspecified atom stereocenters. The number of carboxylic acids is 1. The van der Waals surface area contributed by atoms with Crippen LogP contribution >= 0.6 is 0 Å². The molecule has 0 radical (unpaired) electrons. The molecule has 0 atom stereocenters. The monoisotopic (exact) mass is 253 g/mol. The standard InChI is InChI=1S/C12H12FNO4/c1-14(11(16)6-10(15)12(17)18)7-8-2-4-9(13)5-3-8/h2-6,15H,7H2,1H3,(H,17,18)/b10-6-. The number of carbonyl (C=O) groups excluding carboxylic acids is 1. The molecule has 0 aromatic heterocycles. The van der Waals surface area contributed by atoms with Gasteiger partial charge in [0.2, 0.25) is 5.76 Å². The highest BCUT2D eigenvalue weighted by atomic mass is 19.1. The Morgan fingerprint density at radius 3 is 2.33 bits per heavy atom. The topological polar surface area (TPSA) is 77.8 Å². The quantitative estimate of drug-likeness (QED) is 0.626. The van der Waals surface area contributed by atoms with Gasteiger partial charge in [0.1, 0.15) is 5.82 Å². The van der Waals surface area contributed by atoms with E-state index in [1.165, 1.54) is 36.2 Å². The lowest BCUT2D eigenvalue weighted by molar-refractivity contribution is -0.136. The lowest BCUT2D eigenvalue weighted by atomic mass is 10.2. The van der Waals surface area contributed by atoms with Gasteiger partial charge in [-0.05, 0) is 17.7 Å². The lowest BCUT2D eigenvalue weighted by Gasteiger charge is -2.15. The zero-order chi connectivity index (χ0) is 13.7. The van der Waals surface area contributed by atoms with Crippen molar-refractivity contribution in [2.75, 3.05) is 7.05 Å². The van der Waals surface area contributed by atoms with E-state index < -0.39 is 17.6 Å². The van der Waals surface area contributed by atoms with Crippen LogP contribution in [0.3, 0.4) is 0 Å². The Balaban J connectivity index is 2.68. The molecule has 0 aliphatic rings. The molecule has 1 aromatic rings. The smallest absolute Gasteiger partial charge is 0.371 e. The number of likely N-dealkylation sites (N-methyl/N-ethyl adjacent to an activating group) is 1. The Morgan fingerprint density at radius 2 is 1.83 bits per heavy atom. The van der Waals surface area contributed by atoms with Crippen LogP contribution in [0.4, 0.5) is 4.39 Å². The zero-order valence-electron chi connectivity index (χ0n) is 9.63. The highest BCUT2D eigenvalue weighted by molar-refractivity contribution is 5.95. The number of carboxylic acid groups (broad SMARTS) is 1. The zero-order valence-corrected chi connectivity index (χ0v) is 9.63. The van der Waals surface area contributed by atoms with Gasteiger partial charge in [0.05, 0.1) is 6.08 Å². The van der Waals surface area contributed by atoms with Gasteiger partial charge in [0.15, 0.2) is 0 Å². The molecule has 1 aromatic carbocycles. The van der Waals surface area contributed by atoms with Gasteiger partial charge in [-0.2, -0.15) is 0 Å². The second kappa shape index (κ2) is 5.81. The summed E-state index contributed by atoms with van der Waals surface area (Å²) in [5.74, 6) is -3.63. The first-order valence-corrected chi connectivity index (χ1v) is 5.03. The largest absolute Gasteiger partial charge is 0.502 e.